The fourth-order valence-electron chi connectivity index (χ4n) is 3.37. The summed E-state index contributed by atoms with van der Waals surface area (Å²) < 4.78 is 5.41. The number of hydrogen-bond acceptors (Lipinski definition) is 6. The standard InChI is InChI=1S/C19H23N5O2/c1-13-12-26-5-4-24(13)11-19(25)23-18-7-16-6-14(17-9-21-22-10-17)2-3-15(16)8-20-18/h2-3,6-9,13,17,22H,4-5,10-12H2,1H3,(H,20,23,25)/t13-,17?/m0/s1. The summed E-state index contributed by atoms with van der Waals surface area (Å²) >= 11 is 0. The van der Waals surface area contributed by atoms with Crippen molar-refractivity contribution >= 4 is 28.7 Å². The van der Waals surface area contributed by atoms with Gasteiger partial charge in [0.05, 0.1) is 19.8 Å². The van der Waals surface area contributed by atoms with Gasteiger partial charge in [-0.25, -0.2) is 4.98 Å². The predicted octanol–water partition coefficient (Wildman–Crippen LogP) is 1.57. The zero-order valence-corrected chi connectivity index (χ0v) is 14.8. The van der Waals surface area contributed by atoms with E-state index in [1.165, 1.54) is 5.56 Å². The number of carbonyl (C=O) groups excluding carboxylic acids is 1. The molecule has 2 aliphatic rings. The smallest absolute Gasteiger partial charge is 0.239 e. The average Bonchev–Trinajstić information content (AvgIpc) is 3.18. The lowest BCUT2D eigenvalue weighted by atomic mass is 9.98. The molecule has 0 radical (unpaired) electrons. The number of hydrogen-bond donors (Lipinski definition) is 2. The third-order valence-corrected chi connectivity index (χ3v) is 4.95. The van der Waals surface area contributed by atoms with E-state index in [-0.39, 0.29) is 17.9 Å². The Labute approximate surface area is 152 Å². The zero-order valence-electron chi connectivity index (χ0n) is 14.8. The zero-order chi connectivity index (χ0) is 17.9. The summed E-state index contributed by atoms with van der Waals surface area (Å²) in [6.45, 7) is 5.37. The van der Waals surface area contributed by atoms with Crippen LogP contribution in [-0.4, -0.2) is 60.9 Å². The van der Waals surface area contributed by atoms with Gasteiger partial charge >= 0.3 is 0 Å². The predicted molar refractivity (Wildman–Crippen MR) is 101 cm³/mol. The molecule has 0 aliphatic carbocycles. The Hall–Kier alpha value is -2.51. The first-order chi connectivity index (χ1) is 12.7. The van der Waals surface area contributed by atoms with Gasteiger partial charge in [-0.05, 0) is 23.9 Å². The van der Waals surface area contributed by atoms with E-state index in [0.29, 0.717) is 25.6 Å². The van der Waals surface area contributed by atoms with Crippen LogP contribution in [0.1, 0.15) is 18.4 Å². The van der Waals surface area contributed by atoms with E-state index in [2.05, 4.69) is 50.9 Å². The summed E-state index contributed by atoms with van der Waals surface area (Å²) in [6, 6.07) is 8.49. The molecule has 4 rings (SSSR count). The molecule has 1 amide bonds. The number of aromatic nitrogens is 1. The maximum absolute atomic E-state index is 12.4. The Morgan fingerprint density at radius 2 is 2.31 bits per heavy atom. The van der Waals surface area contributed by atoms with Crippen molar-refractivity contribution in [1.29, 1.82) is 0 Å². The van der Waals surface area contributed by atoms with E-state index in [0.717, 1.165) is 23.9 Å². The maximum atomic E-state index is 12.4. The van der Waals surface area contributed by atoms with Crippen molar-refractivity contribution in [3.8, 4) is 0 Å². The van der Waals surface area contributed by atoms with Gasteiger partial charge in [0.25, 0.3) is 0 Å². The molecule has 0 saturated carbocycles. The number of nitrogens with one attached hydrogen (secondary N) is 2. The molecule has 0 spiro atoms. The highest BCUT2D eigenvalue weighted by molar-refractivity contribution is 5.94. The Morgan fingerprint density at radius 3 is 3.12 bits per heavy atom. The number of hydrazone groups is 1. The molecule has 2 atom stereocenters. The average molecular weight is 353 g/mol. The molecule has 2 aromatic rings. The molecular weight excluding hydrogens is 330 g/mol. The number of morpholine rings is 1. The maximum Gasteiger partial charge on any atom is 0.239 e. The van der Waals surface area contributed by atoms with Crippen LogP contribution in [0.3, 0.4) is 0 Å². The second-order valence-electron chi connectivity index (χ2n) is 6.87. The lowest BCUT2D eigenvalue weighted by Gasteiger charge is -2.32. The molecule has 136 valence electrons. The van der Waals surface area contributed by atoms with Crippen LogP contribution in [0.15, 0.2) is 35.6 Å². The molecule has 7 heteroatoms. The first kappa shape index (κ1) is 16.9. The van der Waals surface area contributed by atoms with Crippen molar-refractivity contribution in [2.24, 2.45) is 5.10 Å². The molecule has 26 heavy (non-hydrogen) atoms. The lowest BCUT2D eigenvalue weighted by Crippen LogP contribution is -2.47. The van der Waals surface area contributed by atoms with Gasteiger partial charge in [-0.2, -0.15) is 5.10 Å². The van der Waals surface area contributed by atoms with E-state index in [1.807, 2.05) is 12.3 Å². The molecule has 1 fully saturated rings. The fourth-order valence-corrected chi connectivity index (χ4v) is 3.37. The van der Waals surface area contributed by atoms with Gasteiger partial charge in [0, 0.05) is 42.8 Å². The van der Waals surface area contributed by atoms with Crippen molar-refractivity contribution in [3.63, 3.8) is 0 Å². The highest BCUT2D eigenvalue weighted by Gasteiger charge is 2.21. The number of rotatable bonds is 4. The van der Waals surface area contributed by atoms with Crippen LogP contribution in [0, 0.1) is 0 Å². The summed E-state index contributed by atoms with van der Waals surface area (Å²) in [6.07, 6.45) is 3.72. The van der Waals surface area contributed by atoms with Crippen LogP contribution in [0.4, 0.5) is 5.82 Å². The minimum atomic E-state index is -0.0473. The quantitative estimate of drug-likeness (QED) is 0.872. The van der Waals surface area contributed by atoms with E-state index in [4.69, 9.17) is 4.74 Å². The fraction of sp³-hybridized carbons (Fsp3) is 0.421. The van der Waals surface area contributed by atoms with Crippen LogP contribution >= 0.6 is 0 Å². The number of pyridine rings is 1. The Kier molecular flexibility index (Phi) is 4.81. The molecule has 3 heterocycles. The second-order valence-corrected chi connectivity index (χ2v) is 6.87. The van der Waals surface area contributed by atoms with Crippen molar-refractivity contribution in [2.75, 3.05) is 38.2 Å². The van der Waals surface area contributed by atoms with Crippen LogP contribution in [0.2, 0.25) is 0 Å². The molecule has 1 unspecified atom stereocenters. The lowest BCUT2D eigenvalue weighted by molar-refractivity contribution is -0.119. The van der Waals surface area contributed by atoms with Crippen LogP contribution in [-0.2, 0) is 9.53 Å². The highest BCUT2D eigenvalue weighted by atomic mass is 16.5. The SMILES string of the molecule is C[C@H]1COCCN1CC(=O)Nc1cc2cc(C3C=NNC3)ccc2cn1. The van der Waals surface area contributed by atoms with Crippen molar-refractivity contribution < 1.29 is 9.53 Å². The van der Waals surface area contributed by atoms with Crippen molar-refractivity contribution in [1.82, 2.24) is 15.3 Å². The van der Waals surface area contributed by atoms with E-state index >= 15 is 0 Å². The third kappa shape index (κ3) is 3.68. The molecule has 1 saturated heterocycles. The highest BCUT2D eigenvalue weighted by Crippen LogP contribution is 2.23. The van der Waals surface area contributed by atoms with Crippen LogP contribution in [0.25, 0.3) is 10.8 Å². The molecule has 2 N–H and O–H groups in total. The van der Waals surface area contributed by atoms with Gasteiger partial charge in [-0.15, -0.1) is 0 Å². The molecule has 2 aliphatic heterocycles. The Morgan fingerprint density at radius 1 is 1.38 bits per heavy atom. The summed E-state index contributed by atoms with van der Waals surface area (Å²) in [5, 5.41) is 9.12. The second kappa shape index (κ2) is 7.39. The van der Waals surface area contributed by atoms with E-state index < -0.39 is 0 Å². The van der Waals surface area contributed by atoms with E-state index in [1.54, 1.807) is 6.20 Å². The van der Waals surface area contributed by atoms with Gasteiger partial charge in [-0.1, -0.05) is 18.2 Å². The Balaban J connectivity index is 1.47. The largest absolute Gasteiger partial charge is 0.379 e. The molecule has 7 nitrogen and oxygen atoms in total. The monoisotopic (exact) mass is 353 g/mol. The number of nitrogens with zero attached hydrogens (tertiary/aromatic N) is 3. The van der Waals surface area contributed by atoms with Crippen LogP contribution in [0.5, 0.6) is 0 Å². The van der Waals surface area contributed by atoms with Crippen molar-refractivity contribution in [2.45, 2.75) is 18.9 Å². The summed E-state index contributed by atoms with van der Waals surface area (Å²) in [5.41, 5.74) is 4.19. The number of benzene rings is 1. The Bertz CT molecular complexity index is 838. The van der Waals surface area contributed by atoms with Gasteiger partial charge in [0.1, 0.15) is 5.82 Å². The molecular formula is C19H23N5O2. The first-order valence-electron chi connectivity index (χ1n) is 8.96. The summed E-state index contributed by atoms with van der Waals surface area (Å²) in [5.74, 6) is 0.820. The number of amides is 1. The minimum Gasteiger partial charge on any atom is -0.379 e. The molecule has 0 bridgehead atoms. The molecule has 1 aromatic carbocycles. The van der Waals surface area contributed by atoms with Gasteiger partial charge in [-0.3, -0.25) is 9.69 Å². The number of fused-ring (bicyclic) bond motifs is 1. The van der Waals surface area contributed by atoms with Gasteiger partial charge in [0.2, 0.25) is 5.91 Å². The number of anilines is 1. The van der Waals surface area contributed by atoms with Crippen molar-refractivity contribution in [3.05, 3.63) is 36.0 Å². The number of carbonyl (C=O) groups is 1. The van der Waals surface area contributed by atoms with E-state index in [9.17, 15) is 4.79 Å². The normalized spacial score (nSPS) is 23.1. The number of ether oxygens (including phenoxy) is 1. The van der Waals surface area contributed by atoms with Crippen LogP contribution < -0.4 is 10.7 Å². The summed E-state index contributed by atoms with van der Waals surface area (Å²) in [4.78, 5) is 18.9. The van der Waals surface area contributed by atoms with Gasteiger partial charge in [0.15, 0.2) is 0 Å². The van der Waals surface area contributed by atoms with Gasteiger partial charge < -0.3 is 15.5 Å². The summed E-state index contributed by atoms with van der Waals surface area (Å²) in [7, 11) is 0. The first-order valence-corrected chi connectivity index (χ1v) is 8.96. The third-order valence-electron chi connectivity index (χ3n) is 4.95. The topological polar surface area (TPSA) is 78.8 Å². The molecule has 1 aromatic heterocycles. The minimum absolute atomic E-state index is 0.0473.